The zero-order valence-electron chi connectivity index (χ0n) is 28.5. The number of aliphatic hydroxyl groups excluding tert-OH is 1. The molecule has 1 aromatic rings. The van der Waals surface area contributed by atoms with Crippen molar-refractivity contribution in [2.24, 2.45) is 28.7 Å². The highest BCUT2D eigenvalue weighted by Crippen LogP contribution is 2.28. The Morgan fingerprint density at radius 1 is 1.21 bits per heavy atom. The summed E-state index contributed by atoms with van der Waals surface area (Å²) in [7, 11) is 1.70. The third-order valence-corrected chi connectivity index (χ3v) is 8.99. The van der Waals surface area contributed by atoms with Crippen molar-refractivity contribution in [3.63, 3.8) is 0 Å². The summed E-state index contributed by atoms with van der Waals surface area (Å²) < 4.78 is 15.3. The van der Waals surface area contributed by atoms with Crippen LogP contribution in [0.15, 0.2) is 58.1 Å². The van der Waals surface area contributed by atoms with Crippen LogP contribution >= 0.6 is 0 Å². The average Bonchev–Trinajstić information content (AvgIpc) is 3.35. The summed E-state index contributed by atoms with van der Waals surface area (Å²) in [5.41, 5.74) is 7.13. The van der Waals surface area contributed by atoms with E-state index in [0.717, 1.165) is 79.9 Å². The van der Waals surface area contributed by atoms with Gasteiger partial charge in [0, 0.05) is 30.5 Å². The van der Waals surface area contributed by atoms with E-state index in [-0.39, 0.29) is 12.4 Å². The Kier molecular flexibility index (Phi) is 15.4. The van der Waals surface area contributed by atoms with Crippen molar-refractivity contribution in [3.8, 4) is 11.8 Å². The maximum atomic E-state index is 15.3. The van der Waals surface area contributed by atoms with E-state index in [4.69, 9.17) is 0 Å². The van der Waals surface area contributed by atoms with Crippen LogP contribution in [-0.4, -0.2) is 49.0 Å². The number of rotatable bonds is 11. The second-order valence-corrected chi connectivity index (χ2v) is 12.9. The number of hydrogen-bond donors (Lipinski definition) is 1. The molecule has 3 nitrogen and oxygen atoms in total. The molecular weight excluding hydrogens is 531 g/mol. The van der Waals surface area contributed by atoms with Gasteiger partial charge in [-0.1, -0.05) is 63.5 Å². The molecule has 236 valence electrons. The Morgan fingerprint density at radius 2 is 1.88 bits per heavy atom. The van der Waals surface area contributed by atoms with E-state index < -0.39 is 0 Å². The predicted molar refractivity (Wildman–Crippen MR) is 185 cm³/mol. The zero-order chi connectivity index (χ0) is 32.1. The summed E-state index contributed by atoms with van der Waals surface area (Å²) in [5, 5.41) is 10.0. The number of aliphatic hydroxyl groups is 1. The number of halogens is 1. The molecule has 0 saturated carbocycles. The molecule has 1 fully saturated rings. The zero-order valence-corrected chi connectivity index (χ0v) is 28.5. The highest BCUT2D eigenvalue weighted by Gasteiger charge is 2.20. The summed E-state index contributed by atoms with van der Waals surface area (Å²) in [5.74, 6) is 8.37. The van der Waals surface area contributed by atoms with Gasteiger partial charge in [-0.15, -0.1) is 5.92 Å². The Bertz CT molecular complexity index is 1240. The molecule has 0 spiro atoms. The highest BCUT2D eigenvalue weighted by atomic mass is 19.1. The van der Waals surface area contributed by atoms with Crippen LogP contribution in [0.25, 0.3) is 6.08 Å². The number of likely N-dealkylation sites (tertiary alicyclic amines) is 1. The van der Waals surface area contributed by atoms with E-state index in [1.165, 1.54) is 11.1 Å². The first kappa shape index (κ1) is 36.5. The third kappa shape index (κ3) is 11.7. The minimum atomic E-state index is -0.232. The van der Waals surface area contributed by atoms with E-state index in [2.05, 4.69) is 82.9 Å². The maximum absolute atomic E-state index is 15.3. The SMILES string of the molecule is C=C(CCC(C)C=C(C)C)/C(=C\C(=NC)c1cc(C)c(/C=C(\C)C2CCN(CC)CC2)c(F)c1)CO.CC1C#CCC1C. The summed E-state index contributed by atoms with van der Waals surface area (Å²) >= 11 is 0. The Balaban J connectivity index is 0.000000804. The molecule has 1 heterocycles. The molecule has 1 N–H and O–H groups in total. The average molecular weight is 589 g/mol. The second-order valence-electron chi connectivity index (χ2n) is 12.9. The number of benzene rings is 1. The second kappa shape index (κ2) is 18.2. The van der Waals surface area contributed by atoms with Gasteiger partial charge in [0.1, 0.15) is 5.82 Å². The van der Waals surface area contributed by atoms with Crippen LogP contribution in [0.4, 0.5) is 4.39 Å². The lowest BCUT2D eigenvalue weighted by Gasteiger charge is -2.31. The fourth-order valence-corrected chi connectivity index (χ4v) is 5.75. The monoisotopic (exact) mass is 588 g/mol. The van der Waals surface area contributed by atoms with Crippen LogP contribution in [0, 0.1) is 48.3 Å². The van der Waals surface area contributed by atoms with Gasteiger partial charge in [0.2, 0.25) is 0 Å². The van der Waals surface area contributed by atoms with Crippen LogP contribution < -0.4 is 0 Å². The van der Waals surface area contributed by atoms with E-state index in [9.17, 15) is 5.11 Å². The molecule has 3 rings (SSSR count). The van der Waals surface area contributed by atoms with Gasteiger partial charge >= 0.3 is 0 Å². The molecule has 3 unspecified atom stereocenters. The van der Waals surface area contributed by atoms with Crippen LogP contribution in [0.1, 0.15) is 97.3 Å². The third-order valence-electron chi connectivity index (χ3n) is 8.99. The molecule has 1 saturated heterocycles. The first-order chi connectivity index (χ1) is 20.4. The standard InChI is InChI=1S/C32H47FN2O.C7H10/c1-9-35-14-12-27(13-15-35)25(6)18-30-26(7)17-28(19-31(30)33)32(34-8)20-29(21-36)24(5)11-10-23(4)16-22(2)3;1-6-4-3-5-7(6)2/h16-20,23,27,36H,5,9-15,21H2,1-4,6-8H3;6-7H,4H2,1-2H3/b25-18+,29-20-,34-32?;. The van der Waals surface area contributed by atoms with Crippen molar-refractivity contribution in [1.82, 2.24) is 4.90 Å². The van der Waals surface area contributed by atoms with Gasteiger partial charge in [0.05, 0.1) is 12.3 Å². The fourth-order valence-electron chi connectivity index (χ4n) is 5.75. The van der Waals surface area contributed by atoms with Crippen LogP contribution in [0.2, 0.25) is 0 Å². The number of hydrogen-bond acceptors (Lipinski definition) is 3. The van der Waals surface area contributed by atoms with Gasteiger partial charge < -0.3 is 10.0 Å². The molecule has 43 heavy (non-hydrogen) atoms. The molecule has 3 atom stereocenters. The number of piperidine rings is 1. The lowest BCUT2D eigenvalue weighted by molar-refractivity contribution is 0.208. The number of aryl methyl sites for hydroxylation is 1. The molecule has 0 bridgehead atoms. The van der Waals surface area contributed by atoms with Gasteiger partial charge in [-0.05, 0) is 126 Å². The largest absolute Gasteiger partial charge is 0.392 e. The van der Waals surface area contributed by atoms with Crippen molar-refractivity contribution in [2.75, 3.05) is 33.3 Å². The van der Waals surface area contributed by atoms with Crippen molar-refractivity contribution >= 4 is 11.8 Å². The van der Waals surface area contributed by atoms with Crippen molar-refractivity contribution in [2.45, 2.75) is 87.5 Å². The summed E-state index contributed by atoms with van der Waals surface area (Å²) in [6.45, 7) is 24.5. The van der Waals surface area contributed by atoms with E-state index in [1.807, 2.05) is 25.1 Å². The van der Waals surface area contributed by atoms with Crippen LogP contribution in [0.3, 0.4) is 0 Å². The van der Waals surface area contributed by atoms with E-state index >= 15 is 4.39 Å². The Hall–Kier alpha value is -2.74. The number of aliphatic imine (C=N–C) groups is 1. The number of allylic oxidation sites excluding steroid dienone is 4. The molecule has 0 radical (unpaired) electrons. The highest BCUT2D eigenvalue weighted by molar-refractivity contribution is 6.09. The molecule has 0 aromatic heterocycles. The molecular formula is C39H57FN2O. The van der Waals surface area contributed by atoms with E-state index in [1.54, 1.807) is 13.1 Å². The first-order valence-electron chi connectivity index (χ1n) is 16.2. The normalized spacial score (nSPS) is 20.6. The molecule has 1 aromatic carbocycles. The van der Waals surface area contributed by atoms with Crippen LogP contribution in [-0.2, 0) is 0 Å². The smallest absolute Gasteiger partial charge is 0.131 e. The van der Waals surface area contributed by atoms with Gasteiger partial charge in [0.25, 0.3) is 0 Å². The lowest BCUT2D eigenvalue weighted by Crippen LogP contribution is -2.33. The quantitative estimate of drug-likeness (QED) is 0.121. The molecule has 0 amide bonds. The van der Waals surface area contributed by atoms with Crippen molar-refractivity contribution in [1.29, 1.82) is 0 Å². The summed E-state index contributed by atoms with van der Waals surface area (Å²) in [6, 6.07) is 3.56. The predicted octanol–water partition coefficient (Wildman–Crippen LogP) is 9.21. The fraction of sp³-hybridized carbons (Fsp3) is 0.564. The van der Waals surface area contributed by atoms with Gasteiger partial charge in [-0.25, -0.2) is 4.39 Å². The summed E-state index contributed by atoms with van der Waals surface area (Å²) in [6.07, 6.45) is 11.3. The lowest BCUT2D eigenvalue weighted by atomic mass is 9.88. The van der Waals surface area contributed by atoms with Crippen LogP contribution in [0.5, 0.6) is 0 Å². The topological polar surface area (TPSA) is 35.8 Å². The molecule has 4 heteroatoms. The van der Waals surface area contributed by atoms with Crippen molar-refractivity contribution in [3.05, 3.63) is 75.7 Å². The first-order valence-corrected chi connectivity index (χ1v) is 16.2. The van der Waals surface area contributed by atoms with E-state index in [0.29, 0.717) is 29.0 Å². The van der Waals surface area contributed by atoms with Gasteiger partial charge in [0.15, 0.2) is 0 Å². The minimum Gasteiger partial charge on any atom is -0.392 e. The Labute approximate surface area is 262 Å². The molecule has 1 aliphatic carbocycles. The van der Waals surface area contributed by atoms with Gasteiger partial charge in [-0.2, -0.15) is 0 Å². The molecule has 2 aliphatic rings. The summed E-state index contributed by atoms with van der Waals surface area (Å²) in [4.78, 5) is 6.89. The minimum absolute atomic E-state index is 0.118. The molecule has 1 aliphatic heterocycles. The Morgan fingerprint density at radius 3 is 2.35 bits per heavy atom. The van der Waals surface area contributed by atoms with Crippen molar-refractivity contribution < 1.29 is 9.50 Å². The van der Waals surface area contributed by atoms with Gasteiger partial charge in [-0.3, -0.25) is 4.99 Å². The number of nitrogens with zero attached hydrogens (tertiary/aromatic N) is 2. The maximum Gasteiger partial charge on any atom is 0.131 e.